The molecular formula is C29H32O6S. The Morgan fingerprint density at radius 3 is 1.92 bits per heavy atom. The summed E-state index contributed by atoms with van der Waals surface area (Å²) in [6.45, 7) is 2.94. The van der Waals surface area contributed by atoms with E-state index in [0.717, 1.165) is 16.7 Å². The molecule has 5 rings (SSSR count). The zero-order valence-electron chi connectivity index (χ0n) is 20.3. The fourth-order valence-electron chi connectivity index (χ4n) is 4.60. The van der Waals surface area contributed by atoms with E-state index in [9.17, 15) is 4.21 Å². The van der Waals surface area contributed by atoms with Crippen LogP contribution in [0.25, 0.3) is 0 Å². The molecule has 7 heteroatoms. The van der Waals surface area contributed by atoms with Crippen molar-refractivity contribution in [1.82, 2.24) is 0 Å². The van der Waals surface area contributed by atoms with Gasteiger partial charge in [0.15, 0.2) is 11.7 Å². The Morgan fingerprint density at radius 2 is 1.33 bits per heavy atom. The van der Waals surface area contributed by atoms with E-state index < -0.39 is 46.9 Å². The van der Waals surface area contributed by atoms with Gasteiger partial charge in [-0.05, 0) is 11.1 Å². The number of rotatable bonds is 9. The van der Waals surface area contributed by atoms with Crippen LogP contribution in [0.15, 0.2) is 91.0 Å². The van der Waals surface area contributed by atoms with E-state index in [-0.39, 0.29) is 0 Å². The second-order valence-corrected chi connectivity index (χ2v) is 10.7. The molecule has 36 heavy (non-hydrogen) atoms. The first-order chi connectivity index (χ1) is 17.7. The minimum atomic E-state index is -1.27. The normalized spacial score (nSPS) is 28.8. The summed E-state index contributed by atoms with van der Waals surface area (Å²) in [6.07, 6.45) is -2.48. The summed E-state index contributed by atoms with van der Waals surface area (Å²) in [5.74, 6) is 0.451. The molecule has 190 valence electrons. The van der Waals surface area contributed by atoms with Crippen LogP contribution in [0, 0.1) is 0 Å². The summed E-state index contributed by atoms with van der Waals surface area (Å²) < 4.78 is 45.0. The minimum absolute atomic E-state index is 0.318. The maximum Gasteiger partial charge on any atom is 0.184 e. The first-order valence-electron chi connectivity index (χ1n) is 12.4. The lowest BCUT2D eigenvalue weighted by Crippen LogP contribution is -2.64. The minimum Gasteiger partial charge on any atom is -0.368 e. The van der Waals surface area contributed by atoms with Crippen molar-refractivity contribution in [1.29, 1.82) is 0 Å². The molecule has 3 aromatic carbocycles. The summed E-state index contributed by atoms with van der Waals surface area (Å²) in [5, 5.41) is 0. The van der Waals surface area contributed by atoms with Gasteiger partial charge in [-0.2, -0.15) is 0 Å². The fourth-order valence-corrected chi connectivity index (χ4v) is 5.73. The van der Waals surface area contributed by atoms with Crippen LogP contribution in [0.2, 0.25) is 0 Å². The van der Waals surface area contributed by atoms with Crippen molar-refractivity contribution < 1.29 is 27.9 Å². The van der Waals surface area contributed by atoms with E-state index in [0.29, 0.717) is 25.6 Å². The van der Waals surface area contributed by atoms with E-state index >= 15 is 0 Å². The van der Waals surface area contributed by atoms with Crippen LogP contribution in [-0.2, 0) is 47.7 Å². The van der Waals surface area contributed by atoms with Crippen molar-refractivity contribution in [3.63, 3.8) is 0 Å². The highest BCUT2D eigenvalue weighted by atomic mass is 32.2. The maximum atomic E-state index is 13.1. The molecule has 0 aromatic heterocycles. The maximum absolute atomic E-state index is 13.1. The van der Waals surface area contributed by atoms with Gasteiger partial charge in [-0.1, -0.05) is 97.9 Å². The zero-order valence-corrected chi connectivity index (χ0v) is 21.1. The fraction of sp³-hybridized carbons (Fsp3) is 0.379. The predicted octanol–water partition coefficient (Wildman–Crippen LogP) is 4.76. The van der Waals surface area contributed by atoms with Crippen LogP contribution in [-0.4, -0.2) is 46.4 Å². The van der Waals surface area contributed by atoms with Gasteiger partial charge in [0.2, 0.25) is 0 Å². The molecule has 2 saturated heterocycles. The van der Waals surface area contributed by atoms with E-state index in [1.54, 1.807) is 0 Å². The Morgan fingerprint density at radius 1 is 0.778 bits per heavy atom. The lowest BCUT2D eigenvalue weighted by atomic mass is 9.98. The van der Waals surface area contributed by atoms with Crippen LogP contribution in [0.3, 0.4) is 0 Å². The topological polar surface area (TPSA) is 63.2 Å². The highest BCUT2D eigenvalue weighted by molar-refractivity contribution is 7.85. The zero-order chi connectivity index (χ0) is 24.7. The first kappa shape index (κ1) is 25.3. The van der Waals surface area contributed by atoms with E-state index in [1.165, 1.54) is 0 Å². The van der Waals surface area contributed by atoms with Gasteiger partial charge in [0, 0.05) is 11.3 Å². The average Bonchev–Trinajstić information content (AvgIpc) is 2.95. The predicted molar refractivity (Wildman–Crippen MR) is 137 cm³/mol. The molecule has 6 nitrogen and oxygen atoms in total. The smallest absolute Gasteiger partial charge is 0.184 e. The molecule has 2 aliphatic rings. The molecule has 0 saturated carbocycles. The lowest BCUT2D eigenvalue weighted by Gasteiger charge is -2.49. The van der Waals surface area contributed by atoms with E-state index in [4.69, 9.17) is 23.7 Å². The van der Waals surface area contributed by atoms with Crippen molar-refractivity contribution in [2.45, 2.75) is 56.3 Å². The lowest BCUT2D eigenvalue weighted by molar-refractivity contribution is -0.330. The van der Waals surface area contributed by atoms with Gasteiger partial charge in [-0.3, -0.25) is 4.21 Å². The Balaban J connectivity index is 1.43. The number of hydrogen-bond donors (Lipinski definition) is 0. The van der Waals surface area contributed by atoms with Crippen molar-refractivity contribution in [3.05, 3.63) is 108 Å². The summed E-state index contributed by atoms with van der Waals surface area (Å²) >= 11 is 0. The van der Waals surface area contributed by atoms with E-state index in [1.807, 2.05) is 97.9 Å². The molecule has 2 fully saturated rings. The Labute approximate surface area is 214 Å². The van der Waals surface area contributed by atoms with Gasteiger partial charge in [0.05, 0.1) is 30.6 Å². The Bertz CT molecular complexity index is 1100. The Kier molecular flexibility index (Phi) is 8.59. The molecule has 3 unspecified atom stereocenters. The number of ether oxygens (including phenoxy) is 5. The highest BCUT2D eigenvalue weighted by Gasteiger charge is 2.52. The standard InChI is InChI=1S/C29H32O6S/c1-2-36(30)29-27(32-19-22-14-8-4-9-15-22)26(31-18-21-12-6-3-7-13-21)25-24(34-29)20-33-28(35-25)23-16-10-5-11-17-23/h3-17,24-29H,2,18-20H2,1H3/t24?,25-,26+,27-,28?,29-,36?/m1/s1. The third-order valence-corrected chi connectivity index (χ3v) is 7.94. The molecule has 7 atom stereocenters. The molecule has 2 aliphatic heterocycles. The molecule has 0 amide bonds. The number of fused-ring (bicyclic) bond motifs is 1. The van der Waals surface area contributed by atoms with Gasteiger partial charge in [0.25, 0.3) is 0 Å². The molecule has 3 aromatic rings. The monoisotopic (exact) mass is 508 g/mol. The quantitative estimate of drug-likeness (QED) is 0.415. The van der Waals surface area contributed by atoms with Gasteiger partial charge in [-0.15, -0.1) is 0 Å². The summed E-state index contributed by atoms with van der Waals surface area (Å²) in [4.78, 5) is 0. The number of hydrogen-bond acceptors (Lipinski definition) is 6. The van der Waals surface area contributed by atoms with Crippen LogP contribution in [0.1, 0.15) is 29.9 Å². The van der Waals surface area contributed by atoms with Gasteiger partial charge >= 0.3 is 0 Å². The van der Waals surface area contributed by atoms with Crippen molar-refractivity contribution >= 4 is 10.8 Å². The van der Waals surface area contributed by atoms with Crippen LogP contribution in [0.5, 0.6) is 0 Å². The molecule has 0 N–H and O–H groups in total. The van der Waals surface area contributed by atoms with Gasteiger partial charge < -0.3 is 23.7 Å². The molecule has 0 radical (unpaired) electrons. The molecule has 0 bridgehead atoms. The first-order valence-corrected chi connectivity index (χ1v) is 13.8. The third kappa shape index (κ3) is 5.94. The molecule has 0 spiro atoms. The van der Waals surface area contributed by atoms with Gasteiger partial charge in [0.1, 0.15) is 24.4 Å². The van der Waals surface area contributed by atoms with Crippen molar-refractivity contribution in [3.8, 4) is 0 Å². The molecule has 0 aliphatic carbocycles. The second-order valence-electron chi connectivity index (χ2n) is 8.91. The van der Waals surface area contributed by atoms with Crippen LogP contribution < -0.4 is 0 Å². The van der Waals surface area contributed by atoms with Crippen molar-refractivity contribution in [2.24, 2.45) is 0 Å². The summed E-state index contributed by atoms with van der Waals surface area (Å²) in [6, 6.07) is 29.8. The number of benzene rings is 3. The van der Waals surface area contributed by atoms with Crippen LogP contribution in [0.4, 0.5) is 0 Å². The van der Waals surface area contributed by atoms with Crippen LogP contribution >= 0.6 is 0 Å². The average molecular weight is 509 g/mol. The van der Waals surface area contributed by atoms with Gasteiger partial charge in [-0.25, -0.2) is 0 Å². The highest BCUT2D eigenvalue weighted by Crippen LogP contribution is 2.37. The van der Waals surface area contributed by atoms with E-state index in [2.05, 4.69) is 0 Å². The molecular weight excluding hydrogens is 476 g/mol. The third-order valence-electron chi connectivity index (χ3n) is 6.47. The largest absolute Gasteiger partial charge is 0.368 e. The Hall–Kier alpha value is -2.39. The second kappa shape index (κ2) is 12.2. The van der Waals surface area contributed by atoms with Crippen molar-refractivity contribution in [2.75, 3.05) is 12.4 Å². The summed E-state index contributed by atoms with van der Waals surface area (Å²) in [5.41, 5.74) is 2.35. The molecule has 2 heterocycles. The summed E-state index contributed by atoms with van der Waals surface area (Å²) in [7, 11) is -1.27. The SMILES string of the molecule is CCS(=O)[C@H]1OC2COC(c3ccccc3)O[C@H]2[C@H](OCc2ccccc2)[C@H]1OCc1ccccc1.